The number of pyridine rings is 1. The van der Waals surface area contributed by atoms with Crippen molar-refractivity contribution in [2.45, 2.75) is 45.1 Å². The molecule has 4 rings (SSSR count). The summed E-state index contributed by atoms with van der Waals surface area (Å²) in [6, 6.07) is 15.4. The fourth-order valence-corrected chi connectivity index (χ4v) is 4.45. The second kappa shape index (κ2) is 12.9. The van der Waals surface area contributed by atoms with Crippen LogP contribution < -0.4 is 15.5 Å². The van der Waals surface area contributed by atoms with Crippen LogP contribution in [0.25, 0.3) is 0 Å². The van der Waals surface area contributed by atoms with E-state index in [0.717, 1.165) is 55.5 Å². The molecule has 0 bridgehead atoms. The van der Waals surface area contributed by atoms with E-state index in [1.165, 1.54) is 12.1 Å². The molecule has 188 valence electrons. The number of aromatic nitrogens is 1. The second-order valence-electron chi connectivity index (χ2n) is 9.12. The molecule has 0 radical (unpaired) electrons. The van der Waals surface area contributed by atoms with Crippen molar-refractivity contribution in [1.82, 2.24) is 15.6 Å². The largest absolute Gasteiger partial charge is 0.352 e. The van der Waals surface area contributed by atoms with Crippen LogP contribution in [0.2, 0.25) is 0 Å². The number of carbonyl (C=O) groups is 2. The van der Waals surface area contributed by atoms with Gasteiger partial charge in [-0.05, 0) is 79.4 Å². The lowest BCUT2D eigenvalue weighted by atomic mass is 10.0. The fraction of sp³-hybridized carbons (Fsp3) is 0.345. The van der Waals surface area contributed by atoms with E-state index in [-0.39, 0.29) is 17.6 Å². The molecule has 0 atom stereocenters. The number of nitrogens with one attached hydrogen (secondary N) is 2. The Morgan fingerprint density at radius 1 is 0.972 bits per heavy atom. The zero-order chi connectivity index (χ0) is 25.2. The Labute approximate surface area is 211 Å². The summed E-state index contributed by atoms with van der Waals surface area (Å²) in [6.45, 7) is 2.53. The number of hydrogen-bond acceptors (Lipinski definition) is 4. The normalized spacial score (nSPS) is 14.8. The highest BCUT2D eigenvalue weighted by atomic mass is 19.1. The van der Waals surface area contributed by atoms with Gasteiger partial charge in [0.05, 0.1) is 5.56 Å². The molecule has 1 aliphatic heterocycles. The van der Waals surface area contributed by atoms with Crippen LogP contribution in [0.3, 0.4) is 0 Å². The van der Waals surface area contributed by atoms with Gasteiger partial charge in [0.2, 0.25) is 0 Å². The summed E-state index contributed by atoms with van der Waals surface area (Å²) < 4.78 is 13.1. The van der Waals surface area contributed by atoms with E-state index in [4.69, 9.17) is 0 Å². The van der Waals surface area contributed by atoms with E-state index in [2.05, 4.69) is 15.6 Å². The molecule has 36 heavy (non-hydrogen) atoms. The Balaban J connectivity index is 1.53. The van der Waals surface area contributed by atoms with Crippen LogP contribution in [0.5, 0.6) is 0 Å². The zero-order valence-electron chi connectivity index (χ0n) is 20.5. The van der Waals surface area contributed by atoms with Crippen LogP contribution in [-0.2, 0) is 13.0 Å². The van der Waals surface area contributed by atoms with Gasteiger partial charge in [-0.15, -0.1) is 0 Å². The SMILES string of the molecule is O=C(NCCc1ccc(F)cc1)c1ccc2c(c1)CNCCCCCCCN2C(=O)c1cccnc1. The molecule has 2 heterocycles. The van der Waals surface area contributed by atoms with Gasteiger partial charge in [-0.1, -0.05) is 31.4 Å². The van der Waals surface area contributed by atoms with E-state index in [9.17, 15) is 14.0 Å². The van der Waals surface area contributed by atoms with Crippen molar-refractivity contribution in [2.75, 3.05) is 24.5 Å². The minimum absolute atomic E-state index is 0.0853. The molecule has 0 saturated heterocycles. The van der Waals surface area contributed by atoms with E-state index in [0.29, 0.717) is 37.2 Å². The third kappa shape index (κ3) is 6.98. The van der Waals surface area contributed by atoms with Gasteiger partial charge in [-0.25, -0.2) is 4.39 Å². The third-order valence-electron chi connectivity index (χ3n) is 6.45. The first kappa shape index (κ1) is 25.5. The summed E-state index contributed by atoms with van der Waals surface area (Å²) in [5.41, 5.74) is 3.79. The number of amides is 2. The molecule has 1 aromatic heterocycles. The summed E-state index contributed by atoms with van der Waals surface area (Å²) in [5, 5.41) is 6.44. The van der Waals surface area contributed by atoms with Crippen molar-refractivity contribution >= 4 is 17.5 Å². The van der Waals surface area contributed by atoms with Gasteiger partial charge in [0, 0.05) is 43.3 Å². The molecule has 2 N–H and O–H groups in total. The Morgan fingerprint density at radius 3 is 2.58 bits per heavy atom. The first-order valence-corrected chi connectivity index (χ1v) is 12.7. The van der Waals surface area contributed by atoms with Crippen LogP contribution in [0, 0.1) is 5.82 Å². The van der Waals surface area contributed by atoms with Crippen molar-refractivity contribution in [3.8, 4) is 0 Å². The fourth-order valence-electron chi connectivity index (χ4n) is 4.45. The molecule has 6 nitrogen and oxygen atoms in total. The molecule has 0 fully saturated rings. The van der Waals surface area contributed by atoms with E-state index in [1.807, 2.05) is 17.0 Å². The first-order valence-electron chi connectivity index (χ1n) is 12.7. The van der Waals surface area contributed by atoms with E-state index >= 15 is 0 Å². The quantitative estimate of drug-likeness (QED) is 0.536. The molecule has 0 spiro atoms. The summed E-state index contributed by atoms with van der Waals surface area (Å²) in [4.78, 5) is 32.3. The number of benzene rings is 2. The highest BCUT2D eigenvalue weighted by Gasteiger charge is 2.22. The van der Waals surface area contributed by atoms with E-state index in [1.54, 1.807) is 42.7 Å². The molecule has 1 aliphatic rings. The third-order valence-corrected chi connectivity index (χ3v) is 6.45. The number of hydrogen-bond donors (Lipinski definition) is 2. The maximum Gasteiger partial charge on any atom is 0.259 e. The maximum absolute atomic E-state index is 13.5. The van der Waals surface area contributed by atoms with Crippen LogP contribution in [0.15, 0.2) is 67.0 Å². The zero-order valence-corrected chi connectivity index (χ0v) is 20.5. The highest BCUT2D eigenvalue weighted by Crippen LogP contribution is 2.26. The van der Waals surface area contributed by atoms with E-state index < -0.39 is 0 Å². The first-order chi connectivity index (χ1) is 17.6. The number of anilines is 1. The summed E-state index contributed by atoms with van der Waals surface area (Å²) in [7, 11) is 0. The van der Waals surface area contributed by atoms with Crippen LogP contribution in [0.4, 0.5) is 10.1 Å². The molecule has 7 heteroatoms. The van der Waals surface area contributed by atoms with Crippen molar-refractivity contribution < 1.29 is 14.0 Å². The van der Waals surface area contributed by atoms with Crippen molar-refractivity contribution in [3.63, 3.8) is 0 Å². The lowest BCUT2D eigenvalue weighted by Crippen LogP contribution is -2.34. The molecule has 0 saturated carbocycles. The lowest BCUT2D eigenvalue weighted by molar-refractivity contribution is 0.0953. The minimum atomic E-state index is -0.272. The van der Waals surface area contributed by atoms with Gasteiger partial charge >= 0.3 is 0 Å². The smallest absolute Gasteiger partial charge is 0.259 e. The van der Waals surface area contributed by atoms with Gasteiger partial charge in [0.15, 0.2) is 0 Å². The standard InChI is InChI=1S/C29H33FN4O2/c30-26-11-8-22(9-12-26)14-17-33-28(35)23-10-13-27-25(19-23)21-31-15-4-2-1-3-5-18-34(27)29(36)24-7-6-16-32-20-24/h6-13,16,19-20,31H,1-5,14-15,17-18,21H2,(H,33,35). The molecule has 0 aliphatic carbocycles. The molecular formula is C29H33FN4O2. The predicted octanol–water partition coefficient (Wildman–Crippen LogP) is 4.89. The summed E-state index contributed by atoms with van der Waals surface area (Å²) in [6.07, 6.45) is 9.28. The van der Waals surface area contributed by atoms with Crippen molar-refractivity contribution in [3.05, 3.63) is 95.1 Å². The monoisotopic (exact) mass is 488 g/mol. The highest BCUT2D eigenvalue weighted by molar-refractivity contribution is 6.06. The van der Waals surface area contributed by atoms with Crippen LogP contribution in [-0.4, -0.2) is 36.4 Å². The van der Waals surface area contributed by atoms with Gasteiger partial charge < -0.3 is 15.5 Å². The summed E-state index contributed by atoms with van der Waals surface area (Å²) >= 11 is 0. The number of rotatable bonds is 5. The molecule has 3 aromatic rings. The van der Waals surface area contributed by atoms with Gasteiger partial charge in [0.25, 0.3) is 11.8 Å². The molecule has 2 amide bonds. The minimum Gasteiger partial charge on any atom is -0.352 e. The number of nitrogens with zero attached hydrogens (tertiary/aromatic N) is 2. The average molecular weight is 489 g/mol. The summed E-state index contributed by atoms with van der Waals surface area (Å²) in [5.74, 6) is -0.528. The molecular weight excluding hydrogens is 455 g/mol. The molecule has 0 unspecified atom stereocenters. The van der Waals surface area contributed by atoms with Gasteiger partial charge in [-0.3, -0.25) is 14.6 Å². The molecule has 2 aromatic carbocycles. The Morgan fingerprint density at radius 2 is 1.78 bits per heavy atom. The number of fused-ring (bicyclic) bond motifs is 1. The van der Waals surface area contributed by atoms with Gasteiger partial charge in [-0.2, -0.15) is 0 Å². The van der Waals surface area contributed by atoms with Gasteiger partial charge in [0.1, 0.15) is 5.82 Å². The second-order valence-corrected chi connectivity index (χ2v) is 9.12. The van der Waals surface area contributed by atoms with Crippen LogP contribution in [0.1, 0.15) is 63.9 Å². The predicted molar refractivity (Wildman–Crippen MR) is 140 cm³/mol. The topological polar surface area (TPSA) is 74.3 Å². The van der Waals surface area contributed by atoms with Crippen molar-refractivity contribution in [2.24, 2.45) is 0 Å². The average Bonchev–Trinajstić information content (AvgIpc) is 2.90. The Bertz CT molecular complexity index is 1150. The Kier molecular flexibility index (Phi) is 9.16. The maximum atomic E-state index is 13.5. The number of carbonyl (C=O) groups excluding carboxylic acids is 2. The lowest BCUT2D eigenvalue weighted by Gasteiger charge is -2.26. The van der Waals surface area contributed by atoms with Crippen molar-refractivity contribution in [1.29, 1.82) is 0 Å². The Hall–Kier alpha value is -3.58. The van der Waals surface area contributed by atoms with Crippen LogP contribution >= 0.6 is 0 Å². The number of halogens is 1.